The van der Waals surface area contributed by atoms with Crippen molar-refractivity contribution >= 4 is 56.4 Å². The second-order valence-corrected chi connectivity index (χ2v) is 10.1. The first-order valence-electron chi connectivity index (χ1n) is 10.3. The average molecular weight is 524 g/mol. The molecule has 0 unspecified atom stereocenters. The van der Waals surface area contributed by atoms with E-state index in [0.717, 1.165) is 10.6 Å². The summed E-state index contributed by atoms with van der Waals surface area (Å²) in [5.41, 5.74) is 0.892. The summed E-state index contributed by atoms with van der Waals surface area (Å²) in [4.78, 5) is 25.1. The van der Waals surface area contributed by atoms with Crippen molar-refractivity contribution in [2.45, 2.75) is 19.4 Å². The van der Waals surface area contributed by atoms with E-state index in [9.17, 15) is 18.0 Å². The Morgan fingerprint density at radius 3 is 2.53 bits per heavy atom. The second-order valence-electron chi connectivity index (χ2n) is 7.39. The molecule has 0 bridgehead atoms. The van der Waals surface area contributed by atoms with Crippen molar-refractivity contribution in [3.05, 3.63) is 82.2 Å². The molecule has 0 saturated carbocycles. The Balaban J connectivity index is 1.61. The number of rotatable bonds is 10. The Hall–Kier alpha value is -3.01. The van der Waals surface area contributed by atoms with Crippen LogP contribution >= 0.6 is 23.2 Å². The number of nitrogens with one attached hydrogen (secondary N) is 2. The maximum atomic E-state index is 12.6. The molecule has 2 aromatic carbocycles. The molecule has 0 aliphatic heterocycles. The SMILES string of the molecule is CS(=O)(=O)N(CCCC(=O)Nc1ccccc1C(=O)NCc1ccco1)c1cc(Cl)ccc1Cl. The van der Waals surface area contributed by atoms with E-state index in [0.29, 0.717) is 22.0 Å². The number of para-hydroxylation sites is 1. The number of carbonyl (C=O) groups is 2. The molecule has 1 heterocycles. The van der Waals surface area contributed by atoms with Gasteiger partial charge in [-0.25, -0.2) is 8.42 Å². The van der Waals surface area contributed by atoms with Gasteiger partial charge in [-0.1, -0.05) is 35.3 Å². The van der Waals surface area contributed by atoms with Gasteiger partial charge in [0.1, 0.15) is 5.76 Å². The van der Waals surface area contributed by atoms with E-state index in [4.69, 9.17) is 27.6 Å². The third kappa shape index (κ3) is 6.99. The number of carbonyl (C=O) groups excluding carboxylic acids is 2. The lowest BCUT2D eigenvalue weighted by Gasteiger charge is -2.23. The van der Waals surface area contributed by atoms with Crippen molar-refractivity contribution in [3.63, 3.8) is 0 Å². The van der Waals surface area contributed by atoms with Gasteiger partial charge in [0, 0.05) is 18.0 Å². The number of anilines is 2. The van der Waals surface area contributed by atoms with Crippen molar-refractivity contribution in [1.82, 2.24) is 5.32 Å². The number of nitrogens with zero attached hydrogens (tertiary/aromatic N) is 1. The minimum absolute atomic E-state index is 0.0204. The average Bonchev–Trinajstić information content (AvgIpc) is 3.30. The fourth-order valence-corrected chi connectivity index (χ4v) is 4.61. The van der Waals surface area contributed by atoms with Crippen LogP contribution in [0.15, 0.2) is 65.3 Å². The third-order valence-corrected chi connectivity index (χ3v) is 6.53. The molecule has 0 spiro atoms. The van der Waals surface area contributed by atoms with E-state index < -0.39 is 10.0 Å². The quantitative estimate of drug-likeness (QED) is 0.400. The summed E-state index contributed by atoms with van der Waals surface area (Å²) in [6, 6.07) is 14.6. The Morgan fingerprint density at radius 1 is 1.06 bits per heavy atom. The summed E-state index contributed by atoms with van der Waals surface area (Å²) < 4.78 is 30.9. The minimum Gasteiger partial charge on any atom is -0.467 e. The molecule has 8 nitrogen and oxygen atoms in total. The molecule has 2 amide bonds. The van der Waals surface area contributed by atoms with Gasteiger partial charge in [-0.3, -0.25) is 13.9 Å². The van der Waals surface area contributed by atoms with E-state index >= 15 is 0 Å². The predicted molar refractivity (Wildman–Crippen MR) is 133 cm³/mol. The molecule has 34 heavy (non-hydrogen) atoms. The second kappa shape index (κ2) is 11.4. The van der Waals surface area contributed by atoms with Gasteiger partial charge in [-0.2, -0.15) is 0 Å². The smallest absolute Gasteiger partial charge is 0.253 e. The molecule has 11 heteroatoms. The van der Waals surface area contributed by atoms with Crippen LogP contribution in [0.3, 0.4) is 0 Å². The van der Waals surface area contributed by atoms with Gasteiger partial charge in [-0.05, 0) is 48.9 Å². The van der Waals surface area contributed by atoms with Crippen LogP contribution in [0.1, 0.15) is 29.0 Å². The highest BCUT2D eigenvalue weighted by Gasteiger charge is 2.21. The molecule has 0 aliphatic carbocycles. The number of halogens is 2. The molecule has 0 aliphatic rings. The largest absolute Gasteiger partial charge is 0.467 e. The van der Waals surface area contributed by atoms with E-state index in [1.807, 2.05) is 0 Å². The van der Waals surface area contributed by atoms with Crippen LogP contribution in [0.4, 0.5) is 11.4 Å². The fourth-order valence-electron chi connectivity index (χ4n) is 3.20. The minimum atomic E-state index is -3.66. The molecular formula is C23H23Cl2N3O5S. The first-order chi connectivity index (χ1) is 16.1. The van der Waals surface area contributed by atoms with Crippen LogP contribution in [-0.2, 0) is 21.4 Å². The lowest BCUT2D eigenvalue weighted by Crippen LogP contribution is -2.31. The maximum Gasteiger partial charge on any atom is 0.253 e. The number of hydrogen-bond donors (Lipinski definition) is 2. The van der Waals surface area contributed by atoms with Gasteiger partial charge in [0.2, 0.25) is 15.9 Å². The van der Waals surface area contributed by atoms with Gasteiger partial charge >= 0.3 is 0 Å². The van der Waals surface area contributed by atoms with E-state index in [1.54, 1.807) is 42.5 Å². The Labute approximate surface area is 207 Å². The zero-order chi connectivity index (χ0) is 24.7. The van der Waals surface area contributed by atoms with Gasteiger partial charge in [0.15, 0.2) is 0 Å². The third-order valence-electron chi connectivity index (χ3n) is 4.79. The maximum absolute atomic E-state index is 12.6. The van der Waals surface area contributed by atoms with Crippen molar-refractivity contribution in [1.29, 1.82) is 0 Å². The van der Waals surface area contributed by atoms with Crippen molar-refractivity contribution in [2.75, 3.05) is 22.4 Å². The molecule has 180 valence electrons. The number of sulfonamides is 1. The summed E-state index contributed by atoms with van der Waals surface area (Å²) in [6.45, 7) is 0.235. The molecule has 0 saturated heterocycles. The Morgan fingerprint density at radius 2 is 1.82 bits per heavy atom. The number of amides is 2. The molecule has 3 aromatic rings. The summed E-state index contributed by atoms with van der Waals surface area (Å²) in [6.07, 6.45) is 2.81. The van der Waals surface area contributed by atoms with Crippen molar-refractivity contribution < 1.29 is 22.4 Å². The lowest BCUT2D eigenvalue weighted by atomic mass is 10.1. The topological polar surface area (TPSA) is 109 Å². The van der Waals surface area contributed by atoms with Gasteiger partial charge in [-0.15, -0.1) is 0 Å². The summed E-state index contributed by atoms with van der Waals surface area (Å²) >= 11 is 12.2. The van der Waals surface area contributed by atoms with Gasteiger partial charge in [0.05, 0.1) is 41.0 Å². The van der Waals surface area contributed by atoms with Crippen molar-refractivity contribution in [2.24, 2.45) is 0 Å². The molecule has 3 rings (SSSR count). The van der Waals surface area contributed by atoms with E-state index in [1.165, 1.54) is 18.4 Å². The molecule has 0 radical (unpaired) electrons. The Kier molecular flexibility index (Phi) is 8.60. The first-order valence-corrected chi connectivity index (χ1v) is 12.9. The summed E-state index contributed by atoms with van der Waals surface area (Å²) in [5, 5.41) is 6.03. The number of hydrogen-bond acceptors (Lipinski definition) is 5. The van der Waals surface area contributed by atoms with Gasteiger partial charge in [0.25, 0.3) is 5.91 Å². The monoisotopic (exact) mass is 523 g/mol. The highest BCUT2D eigenvalue weighted by molar-refractivity contribution is 7.92. The zero-order valence-electron chi connectivity index (χ0n) is 18.3. The van der Waals surface area contributed by atoms with Crippen molar-refractivity contribution in [3.8, 4) is 0 Å². The highest BCUT2D eigenvalue weighted by atomic mass is 35.5. The normalized spacial score (nSPS) is 11.1. The standard InChI is InChI=1S/C23H23Cl2N3O5S/c1-34(31,32)28(21-14-16(24)10-11-19(21)25)12-4-9-22(29)27-20-8-3-2-7-18(20)23(30)26-15-17-6-5-13-33-17/h2-3,5-8,10-11,13-14H,4,9,12,15H2,1H3,(H,26,30)(H,27,29). The van der Waals surface area contributed by atoms with Gasteiger partial charge < -0.3 is 15.1 Å². The molecule has 1 aromatic heterocycles. The fraction of sp³-hybridized carbons (Fsp3) is 0.217. The molecule has 0 atom stereocenters. The van der Waals surface area contributed by atoms with E-state index in [-0.39, 0.29) is 48.5 Å². The van der Waals surface area contributed by atoms with Crippen LogP contribution in [0.5, 0.6) is 0 Å². The lowest BCUT2D eigenvalue weighted by molar-refractivity contribution is -0.116. The first kappa shape index (κ1) is 25.6. The van der Waals surface area contributed by atoms with Crippen LogP contribution in [-0.4, -0.2) is 33.0 Å². The zero-order valence-corrected chi connectivity index (χ0v) is 20.6. The molecule has 2 N–H and O–H groups in total. The van der Waals surface area contributed by atoms with Crippen LogP contribution in [0.25, 0.3) is 0 Å². The highest BCUT2D eigenvalue weighted by Crippen LogP contribution is 2.31. The number of furan rings is 1. The predicted octanol–water partition coefficient (Wildman–Crippen LogP) is 4.70. The van der Waals surface area contributed by atoms with Crippen LogP contribution in [0, 0.1) is 0 Å². The van der Waals surface area contributed by atoms with Crippen LogP contribution in [0.2, 0.25) is 10.0 Å². The number of benzene rings is 2. The summed E-state index contributed by atoms with van der Waals surface area (Å²) in [5.74, 6) is -0.131. The Bertz CT molecular complexity index is 1260. The van der Waals surface area contributed by atoms with E-state index in [2.05, 4.69) is 10.6 Å². The summed E-state index contributed by atoms with van der Waals surface area (Å²) in [7, 11) is -3.66. The van der Waals surface area contributed by atoms with Crippen LogP contribution < -0.4 is 14.9 Å². The molecule has 0 fully saturated rings. The molecular weight excluding hydrogens is 501 g/mol.